The van der Waals surface area contributed by atoms with Crippen LogP contribution in [0.15, 0.2) is 24.3 Å². The van der Waals surface area contributed by atoms with Gasteiger partial charge in [-0.25, -0.2) is 5.26 Å². The highest BCUT2D eigenvalue weighted by atomic mass is 14.8. The van der Waals surface area contributed by atoms with Crippen LogP contribution in [0, 0.1) is 18.2 Å². The molecule has 2 radical (unpaired) electrons. The van der Waals surface area contributed by atoms with Gasteiger partial charge in [-0.05, 0) is 19.1 Å². The molecule has 54 valence electrons. The normalized spacial score (nSPS) is 9.09. The Hall–Kier alpha value is -1.27. The SMILES string of the molecule is Cc1ccc([NH2+][B-]C#N)cc1. The molecule has 0 aliphatic heterocycles. The molecule has 0 aromatic heterocycles. The molecule has 0 bridgehead atoms. The molecule has 2 N–H and O–H groups in total. The Balaban J connectivity index is 2.60. The second-order valence-electron chi connectivity index (χ2n) is 2.37. The van der Waals surface area contributed by atoms with Gasteiger partial charge in [0.25, 0.3) is 0 Å². The number of aryl methyl sites for hydroxylation is 1. The lowest BCUT2D eigenvalue weighted by Gasteiger charge is -2.03. The van der Waals surface area contributed by atoms with Crippen LogP contribution in [-0.4, -0.2) is 7.41 Å². The summed E-state index contributed by atoms with van der Waals surface area (Å²) >= 11 is 0. The second-order valence-corrected chi connectivity index (χ2v) is 2.37. The first-order valence-corrected chi connectivity index (χ1v) is 3.46. The maximum absolute atomic E-state index is 8.25. The van der Waals surface area contributed by atoms with E-state index >= 15 is 0 Å². The third kappa shape index (κ3) is 2.44. The van der Waals surface area contributed by atoms with E-state index in [1.807, 2.05) is 37.2 Å². The van der Waals surface area contributed by atoms with Crippen molar-refractivity contribution in [2.75, 3.05) is 0 Å². The monoisotopic (exact) mass is 144 g/mol. The lowest BCUT2D eigenvalue weighted by molar-refractivity contribution is -0.412. The number of rotatable bonds is 2. The third-order valence-corrected chi connectivity index (χ3v) is 1.43. The number of nitriles is 1. The Morgan fingerprint density at radius 3 is 2.55 bits per heavy atom. The summed E-state index contributed by atoms with van der Waals surface area (Å²) in [5.74, 6) is 1.95. The molecular weight excluding hydrogens is 135 g/mol. The Labute approximate surface area is 67.1 Å². The molecule has 0 fully saturated rings. The first kappa shape index (κ1) is 7.84. The number of hydrogen-bond donors (Lipinski definition) is 1. The van der Waals surface area contributed by atoms with Gasteiger partial charge in [0.1, 0.15) is 7.41 Å². The van der Waals surface area contributed by atoms with E-state index in [0.717, 1.165) is 5.69 Å². The fourth-order valence-electron chi connectivity index (χ4n) is 0.811. The topological polar surface area (TPSA) is 40.4 Å². The zero-order valence-corrected chi connectivity index (χ0v) is 6.41. The van der Waals surface area contributed by atoms with Gasteiger partial charge < -0.3 is 5.23 Å². The van der Waals surface area contributed by atoms with Gasteiger partial charge >= 0.3 is 0 Å². The van der Waals surface area contributed by atoms with Crippen molar-refractivity contribution >= 4 is 13.1 Å². The van der Waals surface area contributed by atoms with Gasteiger partial charge in [-0.1, -0.05) is 17.7 Å². The maximum Gasteiger partial charge on any atom is 0.128 e. The predicted octanol–water partition coefficient (Wildman–Crippen LogP) is 0.290. The van der Waals surface area contributed by atoms with Crippen molar-refractivity contribution in [3.05, 3.63) is 29.8 Å². The fraction of sp³-hybridized carbons (Fsp3) is 0.125. The summed E-state index contributed by atoms with van der Waals surface area (Å²) in [6.07, 6.45) is 0. The molecule has 1 rings (SSSR count). The van der Waals surface area contributed by atoms with Crippen LogP contribution in [0.25, 0.3) is 0 Å². The number of nitrogens with two attached hydrogens (primary N) is 1. The van der Waals surface area contributed by atoms with Gasteiger partial charge in [-0.3, -0.25) is 0 Å². The zero-order valence-electron chi connectivity index (χ0n) is 6.41. The van der Waals surface area contributed by atoms with Crippen LogP contribution in [0.2, 0.25) is 0 Å². The largest absolute Gasteiger partial charge is 0.535 e. The van der Waals surface area contributed by atoms with E-state index in [1.165, 1.54) is 13.0 Å². The molecule has 0 heterocycles. The summed E-state index contributed by atoms with van der Waals surface area (Å²) in [4.78, 5) is 0. The van der Waals surface area contributed by atoms with Crippen LogP contribution in [-0.2, 0) is 0 Å². The summed E-state index contributed by atoms with van der Waals surface area (Å²) in [5.41, 5.74) is 2.30. The number of benzene rings is 1. The minimum absolute atomic E-state index is 1.07. The number of quaternary nitrogens is 1. The van der Waals surface area contributed by atoms with E-state index in [1.54, 1.807) is 5.23 Å². The number of nitrogens with zero attached hydrogens (tertiary/aromatic N) is 1. The lowest BCUT2D eigenvalue weighted by atomic mass is 9.98. The molecule has 0 atom stereocenters. The van der Waals surface area contributed by atoms with Crippen LogP contribution in [0.3, 0.4) is 0 Å². The van der Waals surface area contributed by atoms with E-state index in [0.29, 0.717) is 0 Å². The highest BCUT2D eigenvalue weighted by Gasteiger charge is 1.87. The molecule has 0 saturated carbocycles. The summed E-state index contributed by atoms with van der Waals surface area (Å²) in [5, 5.41) is 10.0. The zero-order chi connectivity index (χ0) is 8.10. The second kappa shape index (κ2) is 3.79. The summed E-state index contributed by atoms with van der Waals surface area (Å²) in [6.45, 7) is 2.04. The summed E-state index contributed by atoms with van der Waals surface area (Å²) in [7, 11) is 1.48. The van der Waals surface area contributed by atoms with Crippen molar-refractivity contribution in [2.45, 2.75) is 6.92 Å². The van der Waals surface area contributed by atoms with E-state index in [2.05, 4.69) is 0 Å². The molecule has 0 spiro atoms. The van der Waals surface area contributed by atoms with Gasteiger partial charge in [0.05, 0.1) is 5.69 Å². The first-order valence-electron chi connectivity index (χ1n) is 3.46. The van der Waals surface area contributed by atoms with Gasteiger partial charge in [0, 0.05) is 0 Å². The molecule has 0 aliphatic carbocycles. The molecule has 1 aromatic rings. The molecule has 0 saturated heterocycles. The number of hydrogen-bond acceptors (Lipinski definition) is 1. The fourth-order valence-corrected chi connectivity index (χ4v) is 0.811. The smallest absolute Gasteiger partial charge is 0.128 e. The first-order chi connectivity index (χ1) is 5.33. The van der Waals surface area contributed by atoms with Gasteiger partial charge in [-0.15, -0.1) is 5.97 Å². The van der Waals surface area contributed by atoms with Gasteiger partial charge in [0.15, 0.2) is 0 Å². The van der Waals surface area contributed by atoms with Crippen LogP contribution >= 0.6 is 0 Å². The maximum atomic E-state index is 8.25. The standard InChI is InChI=1S/C8H9BN2/c1-7-2-4-8(5-3-7)11-9-6-10/h2-5H,11H2,1H3. The molecule has 0 amide bonds. The van der Waals surface area contributed by atoms with Crippen molar-refractivity contribution in [3.8, 4) is 5.97 Å². The summed E-state index contributed by atoms with van der Waals surface area (Å²) in [6, 6.07) is 8.03. The van der Waals surface area contributed by atoms with Crippen LogP contribution in [0.4, 0.5) is 5.69 Å². The average molecular weight is 144 g/mol. The average Bonchev–Trinajstić information content (AvgIpc) is 2.04. The minimum atomic E-state index is 1.07. The molecule has 0 aliphatic rings. The molecule has 1 aromatic carbocycles. The molecule has 0 unspecified atom stereocenters. The van der Waals surface area contributed by atoms with Crippen LogP contribution < -0.4 is 5.23 Å². The summed E-state index contributed by atoms with van der Waals surface area (Å²) < 4.78 is 0. The van der Waals surface area contributed by atoms with Crippen molar-refractivity contribution < 1.29 is 5.23 Å². The van der Waals surface area contributed by atoms with Crippen molar-refractivity contribution in [2.24, 2.45) is 0 Å². The van der Waals surface area contributed by atoms with Gasteiger partial charge in [0.2, 0.25) is 0 Å². The molecule has 11 heavy (non-hydrogen) atoms. The predicted molar refractivity (Wildman–Crippen MR) is 44.1 cm³/mol. The minimum Gasteiger partial charge on any atom is -0.535 e. The Kier molecular flexibility index (Phi) is 2.70. The van der Waals surface area contributed by atoms with Gasteiger partial charge in [-0.2, -0.15) is 0 Å². The highest BCUT2D eigenvalue weighted by molar-refractivity contribution is 6.35. The van der Waals surface area contributed by atoms with E-state index in [-0.39, 0.29) is 0 Å². The molecule has 3 heteroatoms. The Morgan fingerprint density at radius 1 is 1.36 bits per heavy atom. The molecular formula is C8H9BN2. The van der Waals surface area contributed by atoms with Crippen LogP contribution in [0.1, 0.15) is 5.56 Å². The van der Waals surface area contributed by atoms with Crippen molar-refractivity contribution in [1.82, 2.24) is 0 Å². The van der Waals surface area contributed by atoms with E-state index < -0.39 is 0 Å². The third-order valence-electron chi connectivity index (χ3n) is 1.43. The lowest BCUT2D eigenvalue weighted by Crippen LogP contribution is -2.80. The Bertz CT molecular complexity index is 260. The quantitative estimate of drug-likeness (QED) is 0.470. The highest BCUT2D eigenvalue weighted by Crippen LogP contribution is 2.01. The van der Waals surface area contributed by atoms with E-state index in [9.17, 15) is 0 Å². The molecule has 2 nitrogen and oxygen atoms in total. The van der Waals surface area contributed by atoms with E-state index in [4.69, 9.17) is 5.26 Å². The van der Waals surface area contributed by atoms with Crippen molar-refractivity contribution in [1.29, 1.82) is 5.26 Å². The van der Waals surface area contributed by atoms with Crippen molar-refractivity contribution in [3.63, 3.8) is 0 Å². The Morgan fingerprint density at radius 2 is 2.00 bits per heavy atom. The van der Waals surface area contributed by atoms with Crippen LogP contribution in [0.5, 0.6) is 0 Å².